The van der Waals surface area contributed by atoms with Gasteiger partial charge in [-0.15, -0.1) is 0 Å². The highest BCUT2D eigenvalue weighted by Crippen LogP contribution is 2.23. The average molecular weight is 354 g/mol. The molecule has 3 rings (SSSR count). The van der Waals surface area contributed by atoms with Crippen LogP contribution in [0.5, 0.6) is 0 Å². The van der Waals surface area contributed by atoms with Crippen molar-refractivity contribution in [2.24, 2.45) is 5.92 Å². The van der Waals surface area contributed by atoms with E-state index in [4.69, 9.17) is 0 Å². The highest BCUT2D eigenvalue weighted by atomic mass is 16.3. The largest absolute Gasteiger partial charge is 0.387 e. The van der Waals surface area contributed by atoms with Crippen LogP contribution in [0.1, 0.15) is 44.3 Å². The molecule has 140 valence electrons. The third-order valence-electron chi connectivity index (χ3n) is 5.30. The molecule has 1 amide bonds. The first-order chi connectivity index (χ1) is 12.7. The van der Waals surface area contributed by atoms with Crippen LogP contribution in [-0.4, -0.2) is 42.1 Å². The first-order valence-electron chi connectivity index (χ1n) is 9.84. The molecule has 1 fully saturated rings. The van der Waals surface area contributed by atoms with E-state index in [9.17, 15) is 9.90 Å². The lowest BCUT2D eigenvalue weighted by Crippen LogP contribution is -2.44. The number of carbonyl (C=O) groups is 1. The number of nitrogens with one attached hydrogen (secondary N) is 1. The molecule has 1 heterocycles. The smallest absolute Gasteiger partial charge is 0.224 e. The fraction of sp³-hybridized carbons (Fsp3) is 0.500. The van der Waals surface area contributed by atoms with Crippen LogP contribution < -0.4 is 5.32 Å². The lowest BCUT2D eigenvalue weighted by Gasteiger charge is -2.33. The minimum atomic E-state index is -0.526. The average Bonchev–Trinajstić information content (AvgIpc) is 2.68. The molecule has 0 saturated carbocycles. The van der Waals surface area contributed by atoms with E-state index < -0.39 is 6.10 Å². The van der Waals surface area contributed by atoms with E-state index >= 15 is 0 Å². The summed E-state index contributed by atoms with van der Waals surface area (Å²) in [5, 5.41) is 16.1. The highest BCUT2D eigenvalue weighted by Gasteiger charge is 2.26. The summed E-state index contributed by atoms with van der Waals surface area (Å²) in [6.07, 6.45) is 3.55. The zero-order valence-electron chi connectivity index (χ0n) is 15.7. The maximum absolute atomic E-state index is 12.3. The Labute approximate surface area is 156 Å². The van der Waals surface area contributed by atoms with Gasteiger partial charge in [-0.25, -0.2) is 0 Å². The molecule has 1 aliphatic heterocycles. The fourth-order valence-corrected chi connectivity index (χ4v) is 3.73. The number of β-amino-alcohol motifs (C(OH)–C–C–N with tert-alkyl or cyclic N) is 1. The molecule has 0 bridgehead atoms. The Kier molecular flexibility index (Phi) is 6.64. The third kappa shape index (κ3) is 4.83. The van der Waals surface area contributed by atoms with Crippen molar-refractivity contribution in [1.29, 1.82) is 0 Å². The number of piperidine rings is 1. The molecular formula is C22H30N2O2. The summed E-state index contributed by atoms with van der Waals surface area (Å²) >= 11 is 0. The van der Waals surface area contributed by atoms with Crippen molar-refractivity contribution >= 4 is 16.7 Å². The van der Waals surface area contributed by atoms with Crippen molar-refractivity contribution in [2.45, 2.75) is 38.7 Å². The molecule has 0 aromatic heterocycles. The van der Waals surface area contributed by atoms with Crippen molar-refractivity contribution in [3.05, 3.63) is 48.0 Å². The molecule has 0 unspecified atom stereocenters. The van der Waals surface area contributed by atoms with Crippen LogP contribution in [0.15, 0.2) is 42.5 Å². The highest BCUT2D eigenvalue weighted by molar-refractivity contribution is 5.83. The van der Waals surface area contributed by atoms with Gasteiger partial charge in [0.05, 0.1) is 12.0 Å². The Bertz CT molecular complexity index is 731. The predicted molar refractivity (Wildman–Crippen MR) is 106 cm³/mol. The number of aliphatic hydroxyl groups excluding tert-OH is 1. The van der Waals surface area contributed by atoms with Crippen LogP contribution in [0.3, 0.4) is 0 Å². The van der Waals surface area contributed by atoms with Gasteiger partial charge < -0.3 is 10.4 Å². The van der Waals surface area contributed by atoms with Crippen LogP contribution in [0, 0.1) is 5.92 Å². The van der Waals surface area contributed by atoms with Crippen molar-refractivity contribution in [3.8, 4) is 0 Å². The van der Waals surface area contributed by atoms with E-state index in [1.165, 1.54) is 5.39 Å². The van der Waals surface area contributed by atoms with Gasteiger partial charge in [-0.1, -0.05) is 49.7 Å². The van der Waals surface area contributed by atoms with Gasteiger partial charge in [0.1, 0.15) is 0 Å². The second-order valence-corrected chi connectivity index (χ2v) is 7.37. The van der Waals surface area contributed by atoms with Crippen molar-refractivity contribution in [3.63, 3.8) is 0 Å². The summed E-state index contributed by atoms with van der Waals surface area (Å²) in [5.41, 5.74) is 0.943. The van der Waals surface area contributed by atoms with Gasteiger partial charge >= 0.3 is 0 Å². The Balaban J connectivity index is 1.57. The fourth-order valence-electron chi connectivity index (χ4n) is 3.73. The zero-order valence-corrected chi connectivity index (χ0v) is 15.7. The van der Waals surface area contributed by atoms with Crippen molar-refractivity contribution < 1.29 is 9.90 Å². The van der Waals surface area contributed by atoms with Crippen LogP contribution in [0.2, 0.25) is 0 Å². The van der Waals surface area contributed by atoms with Gasteiger partial charge in [0, 0.05) is 19.6 Å². The second-order valence-electron chi connectivity index (χ2n) is 7.37. The SMILES string of the molecule is CCCCNC(=O)[C@@H]1CCCN(C[C@@H](O)c2ccc3ccccc3c2)C1. The molecule has 1 saturated heterocycles. The van der Waals surface area contributed by atoms with Gasteiger partial charge in [-0.05, 0) is 48.2 Å². The van der Waals surface area contributed by atoms with Crippen LogP contribution in [0.4, 0.5) is 0 Å². The van der Waals surface area contributed by atoms with Gasteiger partial charge in [-0.2, -0.15) is 0 Å². The molecule has 4 heteroatoms. The zero-order chi connectivity index (χ0) is 18.4. The van der Waals surface area contributed by atoms with Gasteiger partial charge in [0.2, 0.25) is 5.91 Å². The Hall–Kier alpha value is -1.91. The van der Waals surface area contributed by atoms with Crippen molar-refractivity contribution in [1.82, 2.24) is 10.2 Å². The maximum atomic E-state index is 12.3. The van der Waals surface area contributed by atoms with E-state index in [1.807, 2.05) is 18.2 Å². The monoisotopic (exact) mass is 354 g/mol. The predicted octanol–water partition coefficient (Wildman–Crippen LogP) is 3.50. The van der Waals surface area contributed by atoms with Crippen LogP contribution >= 0.6 is 0 Å². The molecular weight excluding hydrogens is 324 g/mol. The number of unbranched alkanes of at least 4 members (excludes halogenated alkanes) is 1. The number of fused-ring (bicyclic) bond motifs is 1. The van der Waals surface area contributed by atoms with Gasteiger partial charge in [0.15, 0.2) is 0 Å². The molecule has 4 nitrogen and oxygen atoms in total. The quantitative estimate of drug-likeness (QED) is 0.748. The van der Waals surface area contributed by atoms with E-state index in [2.05, 4.69) is 41.4 Å². The van der Waals surface area contributed by atoms with E-state index in [0.29, 0.717) is 6.54 Å². The van der Waals surface area contributed by atoms with Gasteiger partial charge in [0.25, 0.3) is 0 Å². The minimum absolute atomic E-state index is 0.0457. The number of benzene rings is 2. The lowest BCUT2D eigenvalue weighted by molar-refractivity contribution is -0.126. The summed E-state index contributed by atoms with van der Waals surface area (Å²) in [7, 11) is 0. The molecule has 0 radical (unpaired) electrons. The van der Waals surface area contributed by atoms with E-state index in [1.54, 1.807) is 0 Å². The Morgan fingerprint density at radius 2 is 2.08 bits per heavy atom. The normalized spacial score (nSPS) is 19.4. The first kappa shape index (κ1) is 18.9. The number of hydrogen-bond acceptors (Lipinski definition) is 3. The number of rotatable bonds is 7. The number of aliphatic hydroxyl groups is 1. The van der Waals surface area contributed by atoms with Crippen molar-refractivity contribution in [2.75, 3.05) is 26.2 Å². The van der Waals surface area contributed by atoms with E-state index in [-0.39, 0.29) is 11.8 Å². The number of amides is 1. The molecule has 2 atom stereocenters. The molecule has 0 aliphatic carbocycles. The summed E-state index contributed by atoms with van der Waals surface area (Å²) in [6, 6.07) is 14.3. The summed E-state index contributed by atoms with van der Waals surface area (Å²) in [6.45, 7) is 5.16. The number of nitrogens with zero attached hydrogens (tertiary/aromatic N) is 1. The topological polar surface area (TPSA) is 52.6 Å². The van der Waals surface area contributed by atoms with E-state index in [0.717, 1.165) is 56.3 Å². The third-order valence-corrected chi connectivity index (χ3v) is 5.30. The molecule has 26 heavy (non-hydrogen) atoms. The number of carbonyl (C=O) groups excluding carboxylic acids is 1. The maximum Gasteiger partial charge on any atom is 0.224 e. The molecule has 1 aliphatic rings. The summed E-state index contributed by atoms with van der Waals surface area (Å²) in [5.74, 6) is 0.216. The second kappa shape index (κ2) is 9.15. The molecule has 2 aromatic rings. The van der Waals surface area contributed by atoms with Crippen LogP contribution in [0.25, 0.3) is 10.8 Å². The van der Waals surface area contributed by atoms with Gasteiger partial charge in [-0.3, -0.25) is 9.69 Å². The Morgan fingerprint density at radius 3 is 2.88 bits per heavy atom. The molecule has 2 N–H and O–H groups in total. The molecule has 2 aromatic carbocycles. The lowest BCUT2D eigenvalue weighted by atomic mass is 9.96. The number of hydrogen-bond donors (Lipinski definition) is 2. The van der Waals surface area contributed by atoms with Crippen LogP contribution in [-0.2, 0) is 4.79 Å². The Morgan fingerprint density at radius 1 is 1.27 bits per heavy atom. The first-order valence-corrected chi connectivity index (χ1v) is 9.84. The minimum Gasteiger partial charge on any atom is -0.387 e. The summed E-state index contributed by atoms with van der Waals surface area (Å²) in [4.78, 5) is 14.5. The summed E-state index contributed by atoms with van der Waals surface area (Å²) < 4.78 is 0. The molecule has 0 spiro atoms. The number of likely N-dealkylation sites (tertiary alicyclic amines) is 1. The standard InChI is InChI=1S/C22H30N2O2/c1-2-3-12-23-22(26)20-9-6-13-24(15-20)16-21(25)19-11-10-17-7-4-5-8-18(17)14-19/h4-5,7-8,10-11,14,20-21,25H,2-3,6,9,12-13,15-16H2,1H3,(H,23,26)/t20-,21-/m1/s1.